The molecule has 2 aromatic rings. The highest BCUT2D eigenvalue weighted by Crippen LogP contribution is 2.26. The van der Waals surface area contributed by atoms with Crippen LogP contribution in [0.3, 0.4) is 0 Å². The van der Waals surface area contributed by atoms with Gasteiger partial charge in [0.2, 0.25) is 0 Å². The fourth-order valence-corrected chi connectivity index (χ4v) is 3.38. The molecule has 0 aromatic carbocycles. The minimum absolute atomic E-state index is 0.281. The predicted octanol–water partition coefficient (Wildman–Crippen LogP) is 3.45. The van der Waals surface area contributed by atoms with Crippen molar-refractivity contribution < 1.29 is 23.5 Å². The quantitative estimate of drug-likeness (QED) is 0.287. The van der Waals surface area contributed by atoms with Crippen molar-refractivity contribution in [2.45, 2.75) is 39.2 Å². The highest BCUT2D eigenvalue weighted by Gasteiger charge is 2.24. The SMILES string of the molecule is CCOCCOC(=O)N1CCC(C/C(N)=N/OC(C)c2cc3cnccc3o2)CC1. The number of rotatable bonds is 9. The fourth-order valence-electron chi connectivity index (χ4n) is 3.38. The molecule has 2 aromatic heterocycles. The average molecular weight is 418 g/mol. The van der Waals surface area contributed by atoms with Crippen molar-refractivity contribution in [2.75, 3.05) is 32.9 Å². The van der Waals surface area contributed by atoms with Crippen molar-refractivity contribution in [2.24, 2.45) is 16.8 Å². The number of amidine groups is 1. The molecule has 0 saturated carbocycles. The molecule has 1 saturated heterocycles. The van der Waals surface area contributed by atoms with E-state index in [2.05, 4.69) is 10.1 Å². The molecule has 1 amide bonds. The lowest BCUT2D eigenvalue weighted by molar-refractivity contribution is 0.0513. The molecule has 3 heterocycles. The first-order valence-corrected chi connectivity index (χ1v) is 10.4. The van der Waals surface area contributed by atoms with Gasteiger partial charge < -0.3 is 29.4 Å². The number of pyridine rings is 1. The number of amides is 1. The Hall–Kier alpha value is -2.81. The van der Waals surface area contributed by atoms with Crippen LogP contribution < -0.4 is 5.73 Å². The summed E-state index contributed by atoms with van der Waals surface area (Å²) in [6.07, 6.45) is 5.12. The smallest absolute Gasteiger partial charge is 0.409 e. The maximum absolute atomic E-state index is 12.0. The van der Waals surface area contributed by atoms with Gasteiger partial charge >= 0.3 is 6.09 Å². The van der Waals surface area contributed by atoms with Gasteiger partial charge in [-0.25, -0.2) is 4.79 Å². The standard InChI is InChI=1S/C21H30N4O5/c1-3-27-10-11-28-21(26)25-8-5-16(6-9-25)12-20(22)24-30-15(2)19-13-17-14-23-7-4-18(17)29-19/h4,7,13-16H,3,5-6,8-12H2,1-2H3,(H2,22,24). The number of nitrogens with two attached hydrogens (primary N) is 1. The minimum Gasteiger partial charge on any atom is -0.457 e. The van der Waals surface area contributed by atoms with E-state index in [1.54, 1.807) is 17.3 Å². The lowest BCUT2D eigenvalue weighted by atomic mass is 9.93. The molecule has 164 valence electrons. The topological polar surface area (TPSA) is 112 Å². The zero-order valence-corrected chi connectivity index (χ0v) is 17.6. The first-order valence-electron chi connectivity index (χ1n) is 10.4. The number of fused-ring (bicyclic) bond motifs is 1. The van der Waals surface area contributed by atoms with Gasteiger partial charge in [0, 0.05) is 43.9 Å². The van der Waals surface area contributed by atoms with E-state index >= 15 is 0 Å². The van der Waals surface area contributed by atoms with Gasteiger partial charge in [-0.3, -0.25) is 4.98 Å². The van der Waals surface area contributed by atoms with Gasteiger partial charge in [0.15, 0.2) is 6.10 Å². The van der Waals surface area contributed by atoms with Crippen LogP contribution in [0, 0.1) is 5.92 Å². The van der Waals surface area contributed by atoms with Gasteiger partial charge in [0.05, 0.1) is 6.61 Å². The Morgan fingerprint density at radius 2 is 2.20 bits per heavy atom. The van der Waals surface area contributed by atoms with Crippen LogP contribution in [0.2, 0.25) is 0 Å². The summed E-state index contributed by atoms with van der Waals surface area (Å²) in [4.78, 5) is 23.4. The van der Waals surface area contributed by atoms with E-state index in [1.165, 1.54) is 0 Å². The molecule has 2 N–H and O–H groups in total. The van der Waals surface area contributed by atoms with Crippen LogP contribution in [-0.4, -0.2) is 54.7 Å². The molecule has 1 atom stereocenters. The summed E-state index contributed by atoms with van der Waals surface area (Å²) < 4.78 is 16.1. The first-order chi connectivity index (χ1) is 14.6. The summed E-state index contributed by atoms with van der Waals surface area (Å²) in [5.41, 5.74) is 6.82. The van der Waals surface area contributed by atoms with Crippen LogP contribution >= 0.6 is 0 Å². The van der Waals surface area contributed by atoms with E-state index in [-0.39, 0.29) is 18.8 Å². The molecule has 0 aliphatic carbocycles. The molecule has 1 fully saturated rings. The summed E-state index contributed by atoms with van der Waals surface area (Å²) >= 11 is 0. The third-order valence-corrected chi connectivity index (χ3v) is 5.09. The zero-order chi connectivity index (χ0) is 21.3. The van der Waals surface area contributed by atoms with Crippen LogP contribution in [0.5, 0.6) is 0 Å². The fraction of sp³-hybridized carbons (Fsp3) is 0.571. The number of carbonyl (C=O) groups is 1. The number of furan rings is 1. The Kier molecular flexibility index (Phi) is 7.89. The Morgan fingerprint density at radius 1 is 1.40 bits per heavy atom. The van der Waals surface area contributed by atoms with Gasteiger partial charge in [-0.15, -0.1) is 0 Å². The van der Waals surface area contributed by atoms with E-state index in [4.69, 9.17) is 24.5 Å². The Morgan fingerprint density at radius 3 is 2.93 bits per heavy atom. The highest BCUT2D eigenvalue weighted by atomic mass is 16.6. The number of aromatic nitrogens is 1. The summed E-state index contributed by atoms with van der Waals surface area (Å²) in [7, 11) is 0. The van der Waals surface area contributed by atoms with Crippen LogP contribution in [0.15, 0.2) is 34.1 Å². The maximum Gasteiger partial charge on any atom is 0.409 e. The van der Waals surface area contributed by atoms with E-state index in [0.717, 1.165) is 23.8 Å². The second-order valence-corrected chi connectivity index (χ2v) is 7.34. The number of hydrogen-bond acceptors (Lipinski definition) is 7. The normalized spacial score (nSPS) is 16.6. The Balaban J connectivity index is 1.40. The maximum atomic E-state index is 12.0. The van der Waals surface area contributed by atoms with Crippen LogP contribution in [0.25, 0.3) is 11.0 Å². The Bertz CT molecular complexity index is 812. The van der Waals surface area contributed by atoms with Crippen molar-refractivity contribution in [3.8, 4) is 0 Å². The summed E-state index contributed by atoms with van der Waals surface area (Å²) in [6.45, 7) is 6.38. The number of piperidine rings is 1. The number of ether oxygens (including phenoxy) is 2. The number of nitrogens with zero attached hydrogens (tertiary/aromatic N) is 3. The van der Waals surface area contributed by atoms with Crippen LogP contribution in [0.4, 0.5) is 4.79 Å². The van der Waals surface area contributed by atoms with Crippen molar-refractivity contribution in [1.29, 1.82) is 0 Å². The molecular weight excluding hydrogens is 388 g/mol. The molecule has 9 nitrogen and oxygen atoms in total. The van der Waals surface area contributed by atoms with E-state index in [1.807, 2.05) is 26.0 Å². The van der Waals surface area contributed by atoms with Crippen molar-refractivity contribution in [3.63, 3.8) is 0 Å². The minimum atomic E-state index is -0.357. The highest BCUT2D eigenvalue weighted by molar-refractivity contribution is 5.80. The molecule has 0 spiro atoms. The summed E-state index contributed by atoms with van der Waals surface area (Å²) in [5.74, 6) is 1.47. The molecule has 1 aliphatic heterocycles. The van der Waals surface area contributed by atoms with Crippen molar-refractivity contribution >= 4 is 22.9 Å². The predicted molar refractivity (Wildman–Crippen MR) is 112 cm³/mol. The van der Waals surface area contributed by atoms with E-state index < -0.39 is 0 Å². The first kappa shape index (κ1) is 21.9. The molecule has 1 aliphatic rings. The van der Waals surface area contributed by atoms with Gasteiger partial charge in [-0.1, -0.05) is 5.16 Å². The second-order valence-electron chi connectivity index (χ2n) is 7.34. The molecule has 9 heteroatoms. The number of hydrogen-bond donors (Lipinski definition) is 1. The van der Waals surface area contributed by atoms with Gasteiger partial charge in [0.25, 0.3) is 0 Å². The molecular formula is C21H30N4O5. The third kappa shape index (κ3) is 6.09. The summed E-state index contributed by atoms with van der Waals surface area (Å²) in [5, 5.41) is 5.00. The van der Waals surface area contributed by atoms with Gasteiger partial charge in [-0.05, 0) is 44.7 Å². The van der Waals surface area contributed by atoms with Crippen LogP contribution in [-0.2, 0) is 14.3 Å². The number of likely N-dealkylation sites (tertiary alicyclic amines) is 1. The van der Waals surface area contributed by atoms with E-state index in [9.17, 15) is 4.79 Å². The number of oxime groups is 1. The number of carbonyl (C=O) groups excluding carboxylic acids is 1. The molecule has 0 radical (unpaired) electrons. The lowest BCUT2D eigenvalue weighted by Gasteiger charge is -2.31. The van der Waals surface area contributed by atoms with Gasteiger partial charge in [0.1, 0.15) is 23.8 Å². The molecule has 3 rings (SSSR count). The lowest BCUT2D eigenvalue weighted by Crippen LogP contribution is -2.40. The second kappa shape index (κ2) is 10.8. The van der Waals surface area contributed by atoms with Crippen molar-refractivity contribution in [1.82, 2.24) is 9.88 Å². The molecule has 30 heavy (non-hydrogen) atoms. The zero-order valence-electron chi connectivity index (χ0n) is 17.6. The average Bonchev–Trinajstić information content (AvgIpc) is 3.20. The molecule has 1 unspecified atom stereocenters. The third-order valence-electron chi connectivity index (χ3n) is 5.09. The molecule has 0 bridgehead atoms. The largest absolute Gasteiger partial charge is 0.457 e. The Labute approximate surface area is 176 Å². The van der Waals surface area contributed by atoms with Gasteiger partial charge in [-0.2, -0.15) is 0 Å². The summed E-state index contributed by atoms with van der Waals surface area (Å²) in [6, 6.07) is 3.70. The van der Waals surface area contributed by atoms with Crippen molar-refractivity contribution in [3.05, 3.63) is 30.3 Å². The van der Waals surface area contributed by atoms with Crippen LogP contribution in [0.1, 0.15) is 45.0 Å². The monoisotopic (exact) mass is 418 g/mol. The van der Waals surface area contributed by atoms with E-state index in [0.29, 0.717) is 50.2 Å².